The van der Waals surface area contributed by atoms with Crippen LogP contribution in [0.3, 0.4) is 0 Å². The van der Waals surface area contributed by atoms with E-state index in [9.17, 15) is 17.6 Å². The number of anilines is 1. The minimum Gasteiger partial charge on any atom is -0.365 e. The number of nitrogens with zero attached hydrogens (tertiary/aromatic N) is 1. The second kappa shape index (κ2) is 7.55. The van der Waals surface area contributed by atoms with Gasteiger partial charge in [-0.25, -0.2) is 17.8 Å². The number of nitrogens with one attached hydrogen (secondary N) is 3. The molecule has 1 saturated heterocycles. The molecule has 1 aromatic carbocycles. The molecule has 1 amide bonds. The summed E-state index contributed by atoms with van der Waals surface area (Å²) in [5.41, 5.74) is 0.169. The van der Waals surface area contributed by atoms with Crippen molar-refractivity contribution in [2.45, 2.75) is 24.6 Å². The number of amidine groups is 1. The van der Waals surface area contributed by atoms with E-state index in [0.29, 0.717) is 5.02 Å². The van der Waals surface area contributed by atoms with Crippen molar-refractivity contribution in [1.82, 2.24) is 10.3 Å². The SMILES string of the molecule is CC1(C)C(=N)N[C@H](c2cc(NC(=O)c3ccc(Cl)cn3)cc(Cl)c2F)CS1(=O)=O. The third-order valence-electron chi connectivity index (χ3n) is 4.73. The first-order valence-electron chi connectivity index (χ1n) is 8.42. The first-order valence-corrected chi connectivity index (χ1v) is 10.8. The molecule has 1 aromatic heterocycles. The summed E-state index contributed by atoms with van der Waals surface area (Å²) in [6, 6.07) is 4.39. The molecule has 7 nitrogen and oxygen atoms in total. The summed E-state index contributed by atoms with van der Waals surface area (Å²) in [6.45, 7) is 2.82. The van der Waals surface area contributed by atoms with Gasteiger partial charge in [0, 0.05) is 17.4 Å². The molecule has 2 aromatic rings. The molecule has 0 aliphatic carbocycles. The largest absolute Gasteiger partial charge is 0.365 e. The highest BCUT2D eigenvalue weighted by Gasteiger charge is 2.46. The Balaban J connectivity index is 1.93. The third kappa shape index (κ3) is 4.08. The molecule has 3 rings (SSSR count). The summed E-state index contributed by atoms with van der Waals surface area (Å²) in [7, 11) is -3.73. The second-order valence-corrected chi connectivity index (χ2v) is 10.5. The third-order valence-corrected chi connectivity index (χ3v) is 7.76. The number of carbonyl (C=O) groups excluding carboxylic acids is 1. The molecule has 2 heterocycles. The molecular weight excluding hydrogens is 442 g/mol. The van der Waals surface area contributed by atoms with E-state index < -0.39 is 38.1 Å². The van der Waals surface area contributed by atoms with Gasteiger partial charge in [-0.05, 0) is 38.1 Å². The van der Waals surface area contributed by atoms with Crippen LogP contribution in [0.25, 0.3) is 0 Å². The normalized spacial score (nSPS) is 20.0. The molecule has 1 fully saturated rings. The van der Waals surface area contributed by atoms with Crippen molar-refractivity contribution in [3.05, 3.63) is 57.6 Å². The zero-order valence-corrected chi connectivity index (χ0v) is 17.7. The highest BCUT2D eigenvalue weighted by atomic mass is 35.5. The molecule has 1 atom stereocenters. The van der Waals surface area contributed by atoms with Crippen LogP contribution in [0.5, 0.6) is 0 Å². The Bertz CT molecular complexity index is 1100. The number of pyridine rings is 1. The van der Waals surface area contributed by atoms with Crippen LogP contribution in [0.1, 0.15) is 35.9 Å². The van der Waals surface area contributed by atoms with Gasteiger partial charge >= 0.3 is 0 Å². The Hall–Kier alpha value is -2.23. The number of halogens is 3. The van der Waals surface area contributed by atoms with E-state index in [1.807, 2.05) is 0 Å². The van der Waals surface area contributed by atoms with Crippen molar-refractivity contribution in [2.24, 2.45) is 0 Å². The van der Waals surface area contributed by atoms with Gasteiger partial charge in [-0.3, -0.25) is 10.2 Å². The fourth-order valence-electron chi connectivity index (χ4n) is 2.78. The zero-order chi connectivity index (χ0) is 21.6. The van der Waals surface area contributed by atoms with Crippen LogP contribution in [-0.4, -0.2) is 35.6 Å². The standard InChI is InChI=1S/C18H17Cl2FN4O3S/c1-18(2)17(22)25-14(8-29(18,27)28)11-5-10(6-12(20)15(11)21)24-16(26)13-4-3-9(19)7-23-13/h3-7,14H,8H2,1-2H3,(H2,22,25)(H,24,26)/t14-/m0/s1. The Kier molecular flexibility index (Phi) is 5.59. The summed E-state index contributed by atoms with van der Waals surface area (Å²) >= 11 is 11.7. The lowest BCUT2D eigenvalue weighted by molar-refractivity contribution is 0.102. The monoisotopic (exact) mass is 458 g/mol. The van der Waals surface area contributed by atoms with Gasteiger partial charge in [-0.15, -0.1) is 0 Å². The number of sulfone groups is 1. The van der Waals surface area contributed by atoms with Gasteiger partial charge in [0.25, 0.3) is 5.91 Å². The van der Waals surface area contributed by atoms with Crippen LogP contribution < -0.4 is 10.6 Å². The summed E-state index contributed by atoms with van der Waals surface area (Å²) in [6.07, 6.45) is 1.31. The van der Waals surface area contributed by atoms with Crippen LogP contribution in [0.4, 0.5) is 10.1 Å². The second-order valence-electron chi connectivity index (χ2n) is 7.04. The van der Waals surface area contributed by atoms with Gasteiger partial charge in [0.05, 0.1) is 21.8 Å². The number of aromatic nitrogens is 1. The van der Waals surface area contributed by atoms with E-state index in [4.69, 9.17) is 28.6 Å². The molecule has 0 radical (unpaired) electrons. The van der Waals surface area contributed by atoms with Crippen molar-refractivity contribution < 1.29 is 17.6 Å². The van der Waals surface area contributed by atoms with Crippen LogP contribution >= 0.6 is 23.2 Å². The van der Waals surface area contributed by atoms with E-state index in [2.05, 4.69) is 15.6 Å². The van der Waals surface area contributed by atoms with Crippen LogP contribution in [-0.2, 0) is 9.84 Å². The van der Waals surface area contributed by atoms with Gasteiger partial charge in [-0.2, -0.15) is 0 Å². The van der Waals surface area contributed by atoms with Gasteiger partial charge < -0.3 is 10.6 Å². The van der Waals surface area contributed by atoms with Crippen LogP contribution in [0.2, 0.25) is 10.0 Å². The van der Waals surface area contributed by atoms with E-state index >= 15 is 0 Å². The molecule has 11 heteroatoms. The van der Waals surface area contributed by atoms with E-state index in [0.717, 1.165) is 0 Å². The minimum atomic E-state index is -3.73. The molecule has 1 aliphatic heterocycles. The predicted molar refractivity (Wildman–Crippen MR) is 110 cm³/mol. The minimum absolute atomic E-state index is 0.0688. The fourth-order valence-corrected chi connectivity index (χ4v) is 4.61. The first-order chi connectivity index (χ1) is 13.4. The first kappa shape index (κ1) is 21.5. The van der Waals surface area contributed by atoms with Crippen LogP contribution in [0, 0.1) is 11.2 Å². The lowest BCUT2D eigenvalue weighted by atomic mass is 10.0. The number of carbonyl (C=O) groups is 1. The summed E-state index contributed by atoms with van der Waals surface area (Å²) in [4.78, 5) is 16.3. The number of amides is 1. The summed E-state index contributed by atoms with van der Waals surface area (Å²) < 4.78 is 38.3. The molecule has 29 heavy (non-hydrogen) atoms. The molecule has 0 bridgehead atoms. The lowest BCUT2D eigenvalue weighted by Gasteiger charge is -2.36. The maximum absolute atomic E-state index is 14.7. The molecule has 0 spiro atoms. The highest BCUT2D eigenvalue weighted by molar-refractivity contribution is 7.93. The quantitative estimate of drug-likeness (QED) is 0.650. The number of hydrogen-bond acceptors (Lipinski definition) is 5. The summed E-state index contributed by atoms with van der Waals surface area (Å²) in [5.74, 6) is -2.07. The number of benzene rings is 1. The van der Waals surface area contributed by atoms with Crippen molar-refractivity contribution in [3.63, 3.8) is 0 Å². The molecule has 1 aliphatic rings. The van der Waals surface area contributed by atoms with Gasteiger partial charge in [-0.1, -0.05) is 23.2 Å². The Labute approximate surface area is 177 Å². The molecular formula is C18H17Cl2FN4O3S. The van der Waals surface area contributed by atoms with E-state index in [1.165, 1.54) is 44.3 Å². The van der Waals surface area contributed by atoms with Crippen LogP contribution in [0.15, 0.2) is 30.5 Å². The van der Waals surface area contributed by atoms with E-state index in [1.54, 1.807) is 0 Å². The molecule has 0 unspecified atom stereocenters. The predicted octanol–water partition coefficient (Wildman–Crippen LogP) is 3.59. The van der Waals surface area contributed by atoms with Gasteiger partial charge in [0.15, 0.2) is 9.84 Å². The smallest absolute Gasteiger partial charge is 0.274 e. The average molecular weight is 459 g/mol. The number of hydrogen-bond donors (Lipinski definition) is 3. The lowest BCUT2D eigenvalue weighted by Crippen LogP contribution is -2.56. The average Bonchev–Trinajstić information content (AvgIpc) is 2.63. The Morgan fingerprint density at radius 3 is 2.62 bits per heavy atom. The van der Waals surface area contributed by atoms with Gasteiger partial charge in [0.2, 0.25) is 0 Å². The zero-order valence-electron chi connectivity index (χ0n) is 15.4. The fraction of sp³-hybridized carbons (Fsp3) is 0.278. The number of rotatable bonds is 3. The molecule has 154 valence electrons. The summed E-state index contributed by atoms with van der Waals surface area (Å²) in [5, 5.41) is 13.4. The molecule has 3 N–H and O–H groups in total. The Morgan fingerprint density at radius 2 is 2.03 bits per heavy atom. The molecule has 0 saturated carbocycles. The Morgan fingerprint density at radius 1 is 1.34 bits per heavy atom. The van der Waals surface area contributed by atoms with Crippen molar-refractivity contribution in [3.8, 4) is 0 Å². The topological polar surface area (TPSA) is 112 Å². The van der Waals surface area contributed by atoms with Gasteiger partial charge in [0.1, 0.15) is 22.1 Å². The van der Waals surface area contributed by atoms with Crippen molar-refractivity contribution in [2.75, 3.05) is 11.1 Å². The van der Waals surface area contributed by atoms with Crippen molar-refractivity contribution in [1.29, 1.82) is 5.41 Å². The maximum Gasteiger partial charge on any atom is 0.274 e. The highest BCUT2D eigenvalue weighted by Crippen LogP contribution is 2.34. The van der Waals surface area contributed by atoms with E-state index in [-0.39, 0.29) is 27.8 Å². The van der Waals surface area contributed by atoms with Crippen molar-refractivity contribution >= 4 is 50.5 Å². The maximum atomic E-state index is 14.7.